The van der Waals surface area contributed by atoms with E-state index in [0.717, 1.165) is 5.69 Å². The molecule has 0 fully saturated rings. The highest BCUT2D eigenvalue weighted by Gasteiger charge is 2.20. The van der Waals surface area contributed by atoms with E-state index in [0.29, 0.717) is 23.1 Å². The Balaban J connectivity index is 2.08. The minimum atomic E-state index is -2.95. The molecule has 2 N–H and O–H groups in total. The Morgan fingerprint density at radius 3 is 2.83 bits per heavy atom. The van der Waals surface area contributed by atoms with Crippen LogP contribution in [0.15, 0.2) is 16.6 Å². The van der Waals surface area contributed by atoms with Crippen LogP contribution < -0.4 is 10.6 Å². The molecule has 1 unspecified atom stereocenters. The van der Waals surface area contributed by atoms with Gasteiger partial charge in [0.2, 0.25) is 0 Å². The number of fused-ring (bicyclic) bond motifs is 1. The van der Waals surface area contributed by atoms with Gasteiger partial charge in [0, 0.05) is 24.9 Å². The minimum absolute atomic E-state index is 0.0320. The van der Waals surface area contributed by atoms with Crippen molar-refractivity contribution in [3.63, 3.8) is 0 Å². The van der Waals surface area contributed by atoms with Gasteiger partial charge in [0.1, 0.15) is 15.7 Å². The van der Waals surface area contributed by atoms with Gasteiger partial charge in [-0.2, -0.15) is 0 Å². The third-order valence-electron chi connectivity index (χ3n) is 2.80. The molecule has 100 valence electrons. The van der Waals surface area contributed by atoms with Crippen molar-refractivity contribution >= 4 is 37.1 Å². The van der Waals surface area contributed by atoms with E-state index in [9.17, 15) is 12.8 Å². The van der Waals surface area contributed by atoms with Crippen LogP contribution in [0.2, 0.25) is 0 Å². The molecular formula is C11H14BrFN2O2S. The Hall–Kier alpha value is -0.820. The molecule has 0 aliphatic carbocycles. The van der Waals surface area contributed by atoms with Gasteiger partial charge < -0.3 is 10.6 Å². The highest BCUT2D eigenvalue weighted by molar-refractivity contribution is 9.10. The molecule has 1 aliphatic rings. The molecule has 0 saturated heterocycles. The van der Waals surface area contributed by atoms with E-state index in [-0.39, 0.29) is 17.6 Å². The maximum Gasteiger partial charge on any atom is 0.147 e. The Morgan fingerprint density at radius 2 is 2.17 bits per heavy atom. The van der Waals surface area contributed by atoms with Crippen LogP contribution in [0.1, 0.15) is 6.42 Å². The zero-order valence-corrected chi connectivity index (χ0v) is 12.2. The molecule has 0 bridgehead atoms. The van der Waals surface area contributed by atoms with E-state index in [4.69, 9.17) is 0 Å². The van der Waals surface area contributed by atoms with E-state index in [2.05, 4.69) is 26.6 Å². The molecule has 18 heavy (non-hydrogen) atoms. The maximum absolute atomic E-state index is 13.3. The SMILES string of the molecule is CS(=O)(=O)CCC1CNc2cc(F)c(Br)cc2N1. The Morgan fingerprint density at radius 1 is 1.44 bits per heavy atom. The standard InChI is InChI=1S/C11H14BrFN2O2S/c1-18(16,17)3-2-7-6-14-10-5-9(13)8(12)4-11(10)15-7/h4-5,7,14-15H,2-3,6H2,1H3. The number of hydrogen-bond donors (Lipinski definition) is 2. The van der Waals surface area contributed by atoms with Gasteiger partial charge in [0.25, 0.3) is 0 Å². The lowest BCUT2D eigenvalue weighted by Crippen LogP contribution is -2.34. The fourth-order valence-corrected chi connectivity index (χ4v) is 2.90. The first kappa shape index (κ1) is 13.6. The number of halogens is 2. The summed E-state index contributed by atoms with van der Waals surface area (Å²) in [5.41, 5.74) is 1.49. The Kier molecular flexibility index (Phi) is 3.82. The molecule has 1 aliphatic heterocycles. The predicted octanol–water partition coefficient (Wildman–Crippen LogP) is 2.23. The second-order valence-corrected chi connectivity index (χ2v) is 7.57. The van der Waals surface area contributed by atoms with Crippen molar-refractivity contribution < 1.29 is 12.8 Å². The summed E-state index contributed by atoms with van der Waals surface area (Å²) in [7, 11) is -2.95. The van der Waals surface area contributed by atoms with Crippen LogP contribution in [0.3, 0.4) is 0 Å². The van der Waals surface area contributed by atoms with Crippen molar-refractivity contribution in [3.05, 3.63) is 22.4 Å². The summed E-state index contributed by atoms with van der Waals surface area (Å²) in [5, 5.41) is 6.31. The van der Waals surface area contributed by atoms with Gasteiger partial charge in [-0.3, -0.25) is 0 Å². The monoisotopic (exact) mass is 336 g/mol. The average Bonchev–Trinajstić information content (AvgIpc) is 2.27. The summed E-state index contributed by atoms with van der Waals surface area (Å²) in [6.07, 6.45) is 1.75. The molecule has 1 aromatic carbocycles. The first-order valence-electron chi connectivity index (χ1n) is 5.52. The summed E-state index contributed by atoms with van der Waals surface area (Å²) >= 11 is 3.13. The highest BCUT2D eigenvalue weighted by Crippen LogP contribution is 2.32. The lowest BCUT2D eigenvalue weighted by molar-refractivity contribution is 0.593. The van der Waals surface area contributed by atoms with Gasteiger partial charge in [-0.1, -0.05) is 0 Å². The Bertz CT molecular complexity index is 562. The summed E-state index contributed by atoms with van der Waals surface area (Å²) in [6, 6.07) is 3.10. The fraction of sp³-hybridized carbons (Fsp3) is 0.455. The topological polar surface area (TPSA) is 58.2 Å². The molecule has 0 spiro atoms. The molecular weight excluding hydrogens is 323 g/mol. The van der Waals surface area contributed by atoms with Gasteiger partial charge in [-0.05, 0) is 28.4 Å². The Labute approximate surface area is 114 Å². The lowest BCUT2D eigenvalue weighted by atomic mass is 10.1. The number of nitrogens with one attached hydrogen (secondary N) is 2. The number of anilines is 2. The van der Waals surface area contributed by atoms with E-state index in [1.54, 1.807) is 6.07 Å². The van der Waals surface area contributed by atoms with Gasteiger partial charge in [0.15, 0.2) is 0 Å². The fourth-order valence-electron chi connectivity index (χ4n) is 1.85. The molecule has 1 atom stereocenters. The first-order valence-corrected chi connectivity index (χ1v) is 8.38. The van der Waals surface area contributed by atoms with Crippen LogP contribution in [0, 0.1) is 5.82 Å². The van der Waals surface area contributed by atoms with Crippen molar-refractivity contribution in [2.75, 3.05) is 29.2 Å². The molecule has 0 radical (unpaired) electrons. The van der Waals surface area contributed by atoms with Crippen LogP contribution in [-0.4, -0.2) is 33.0 Å². The molecule has 1 aromatic rings. The highest BCUT2D eigenvalue weighted by atomic mass is 79.9. The zero-order chi connectivity index (χ0) is 13.3. The van der Waals surface area contributed by atoms with Gasteiger partial charge in [-0.25, -0.2) is 12.8 Å². The molecule has 1 heterocycles. The summed E-state index contributed by atoms with van der Waals surface area (Å²) in [5.74, 6) is -0.179. The van der Waals surface area contributed by atoms with Gasteiger partial charge in [0.05, 0.1) is 21.6 Å². The predicted molar refractivity (Wildman–Crippen MR) is 74.3 cm³/mol. The van der Waals surface area contributed by atoms with Gasteiger partial charge >= 0.3 is 0 Å². The number of sulfone groups is 1. The quantitative estimate of drug-likeness (QED) is 0.888. The molecule has 7 heteroatoms. The summed E-state index contributed by atoms with van der Waals surface area (Å²) in [6.45, 7) is 0.587. The minimum Gasteiger partial charge on any atom is -0.381 e. The van der Waals surface area contributed by atoms with Crippen molar-refractivity contribution in [2.45, 2.75) is 12.5 Å². The number of hydrogen-bond acceptors (Lipinski definition) is 4. The van der Waals surface area contributed by atoms with Crippen molar-refractivity contribution in [1.29, 1.82) is 0 Å². The molecule has 4 nitrogen and oxygen atoms in total. The average molecular weight is 337 g/mol. The normalized spacial score (nSPS) is 18.7. The van der Waals surface area contributed by atoms with E-state index >= 15 is 0 Å². The third-order valence-corrected chi connectivity index (χ3v) is 4.38. The summed E-state index contributed by atoms with van der Waals surface area (Å²) in [4.78, 5) is 0. The van der Waals surface area contributed by atoms with E-state index < -0.39 is 9.84 Å². The molecule has 0 saturated carbocycles. The van der Waals surface area contributed by atoms with Crippen molar-refractivity contribution in [1.82, 2.24) is 0 Å². The van der Waals surface area contributed by atoms with Crippen LogP contribution in [0.25, 0.3) is 0 Å². The second-order valence-electron chi connectivity index (χ2n) is 4.45. The third kappa shape index (κ3) is 3.35. The largest absolute Gasteiger partial charge is 0.381 e. The molecule has 0 amide bonds. The number of rotatable bonds is 3. The summed E-state index contributed by atoms with van der Waals surface area (Å²) < 4.78 is 35.9. The second kappa shape index (κ2) is 5.05. The van der Waals surface area contributed by atoms with Crippen molar-refractivity contribution in [2.24, 2.45) is 0 Å². The number of benzene rings is 1. The van der Waals surface area contributed by atoms with Crippen LogP contribution >= 0.6 is 15.9 Å². The van der Waals surface area contributed by atoms with Crippen LogP contribution in [-0.2, 0) is 9.84 Å². The lowest BCUT2D eigenvalue weighted by Gasteiger charge is -2.28. The van der Waals surface area contributed by atoms with Crippen molar-refractivity contribution in [3.8, 4) is 0 Å². The van der Waals surface area contributed by atoms with Gasteiger partial charge in [-0.15, -0.1) is 0 Å². The van der Waals surface area contributed by atoms with Crippen LogP contribution in [0.4, 0.5) is 15.8 Å². The smallest absolute Gasteiger partial charge is 0.147 e. The maximum atomic E-state index is 13.3. The molecule has 0 aromatic heterocycles. The van der Waals surface area contributed by atoms with Crippen LogP contribution in [0.5, 0.6) is 0 Å². The molecule has 2 rings (SSSR count). The zero-order valence-electron chi connectivity index (χ0n) is 9.83. The van der Waals surface area contributed by atoms with E-state index in [1.165, 1.54) is 12.3 Å². The van der Waals surface area contributed by atoms with E-state index in [1.807, 2.05) is 0 Å². The first-order chi connectivity index (χ1) is 8.35.